The molecule has 2 heterocycles. The largest absolute Gasteiger partial charge is 0.464 e. The maximum absolute atomic E-state index is 11.9. The summed E-state index contributed by atoms with van der Waals surface area (Å²) in [6, 6.07) is 11.7. The van der Waals surface area contributed by atoms with Crippen molar-refractivity contribution in [3.05, 3.63) is 53.2 Å². The first-order chi connectivity index (χ1) is 12.7. The Hall–Kier alpha value is -2.80. The molecule has 0 amide bonds. The molecule has 1 aromatic carbocycles. The summed E-state index contributed by atoms with van der Waals surface area (Å²) in [6.07, 6.45) is 0. The van der Waals surface area contributed by atoms with Crippen LogP contribution in [-0.4, -0.2) is 44.4 Å². The van der Waals surface area contributed by atoms with Crippen LogP contribution in [0.25, 0.3) is 0 Å². The highest BCUT2D eigenvalue weighted by molar-refractivity contribution is 5.89. The number of anilines is 1. The van der Waals surface area contributed by atoms with Crippen molar-refractivity contribution in [1.29, 1.82) is 0 Å². The van der Waals surface area contributed by atoms with E-state index in [2.05, 4.69) is 26.2 Å². The molecule has 1 aliphatic heterocycles. The number of nitrogens with zero attached hydrogens (tertiary/aromatic N) is 4. The third-order valence-corrected chi connectivity index (χ3v) is 4.08. The molecule has 0 aliphatic carbocycles. The van der Waals surface area contributed by atoms with Crippen molar-refractivity contribution in [1.82, 2.24) is 4.98 Å². The van der Waals surface area contributed by atoms with Gasteiger partial charge >= 0.3 is 5.97 Å². The number of benzene rings is 1. The molecule has 7 heteroatoms. The zero-order valence-electron chi connectivity index (χ0n) is 15.0. The maximum Gasteiger partial charge on any atom is 0.356 e. The molecule has 26 heavy (non-hydrogen) atoms. The Kier molecular flexibility index (Phi) is 5.91. The van der Waals surface area contributed by atoms with E-state index in [1.54, 1.807) is 6.07 Å². The van der Waals surface area contributed by atoms with E-state index >= 15 is 0 Å². The van der Waals surface area contributed by atoms with Crippen molar-refractivity contribution in [2.45, 2.75) is 13.5 Å². The van der Waals surface area contributed by atoms with Crippen LogP contribution in [0.2, 0.25) is 0 Å². The fraction of sp³-hybridized carbons (Fsp3) is 0.368. The van der Waals surface area contributed by atoms with Crippen molar-refractivity contribution < 1.29 is 14.3 Å². The predicted molar refractivity (Wildman–Crippen MR) is 98.0 cm³/mol. The van der Waals surface area contributed by atoms with Gasteiger partial charge in [0.2, 0.25) is 0 Å². The van der Waals surface area contributed by atoms with Crippen LogP contribution in [0.5, 0.6) is 0 Å². The van der Waals surface area contributed by atoms with Crippen LogP contribution in [0.4, 0.5) is 11.5 Å². The fourth-order valence-corrected chi connectivity index (χ4v) is 2.77. The second-order valence-electron chi connectivity index (χ2n) is 6.05. The summed E-state index contributed by atoms with van der Waals surface area (Å²) < 4.78 is 10.2. The van der Waals surface area contributed by atoms with Crippen LogP contribution in [0, 0.1) is 6.92 Å². The second-order valence-corrected chi connectivity index (χ2v) is 6.05. The number of pyridine rings is 1. The van der Waals surface area contributed by atoms with Crippen LogP contribution >= 0.6 is 0 Å². The third kappa shape index (κ3) is 4.64. The number of methoxy groups -OCH3 is 1. The number of hydrogen-bond acceptors (Lipinski definition) is 7. The Labute approximate surface area is 152 Å². The van der Waals surface area contributed by atoms with E-state index in [0.29, 0.717) is 25.6 Å². The first kappa shape index (κ1) is 18.0. The normalized spacial score (nSPS) is 14.6. The van der Waals surface area contributed by atoms with Gasteiger partial charge in [0, 0.05) is 24.8 Å². The molecule has 3 rings (SSSR count). The van der Waals surface area contributed by atoms with Gasteiger partial charge in [-0.15, -0.1) is 5.11 Å². The quantitative estimate of drug-likeness (QED) is 0.608. The highest BCUT2D eigenvalue weighted by atomic mass is 16.5. The molecular formula is C19H22N4O3. The fourth-order valence-electron chi connectivity index (χ4n) is 2.77. The first-order valence-corrected chi connectivity index (χ1v) is 8.52. The number of ether oxygens (including phenoxy) is 2. The zero-order chi connectivity index (χ0) is 18.4. The van der Waals surface area contributed by atoms with Crippen LogP contribution in [-0.2, 0) is 16.0 Å². The molecule has 0 unspecified atom stereocenters. The summed E-state index contributed by atoms with van der Waals surface area (Å²) in [5.41, 5.74) is 3.35. The highest BCUT2D eigenvalue weighted by Crippen LogP contribution is 2.23. The van der Waals surface area contributed by atoms with Gasteiger partial charge in [-0.3, -0.25) is 0 Å². The molecule has 1 saturated heterocycles. The third-order valence-electron chi connectivity index (χ3n) is 4.08. The minimum absolute atomic E-state index is 0.223. The molecule has 0 spiro atoms. The molecule has 0 bridgehead atoms. The Morgan fingerprint density at radius 1 is 1.27 bits per heavy atom. The molecule has 0 atom stereocenters. The number of carbonyl (C=O) groups is 1. The second kappa shape index (κ2) is 8.53. The van der Waals surface area contributed by atoms with Gasteiger partial charge in [-0.1, -0.05) is 29.8 Å². The van der Waals surface area contributed by atoms with Gasteiger partial charge in [-0.2, -0.15) is 5.11 Å². The van der Waals surface area contributed by atoms with Crippen LogP contribution in [0.3, 0.4) is 0 Å². The van der Waals surface area contributed by atoms with Crippen molar-refractivity contribution in [3.8, 4) is 0 Å². The SMILES string of the molecule is COC(=O)c1cc(N2CCOCC2)cc(N=NCc2cccc(C)c2)n1. The van der Waals surface area contributed by atoms with Gasteiger partial charge in [-0.05, 0) is 18.6 Å². The van der Waals surface area contributed by atoms with Crippen LogP contribution in [0.1, 0.15) is 21.6 Å². The van der Waals surface area contributed by atoms with Crippen molar-refractivity contribution in [3.63, 3.8) is 0 Å². The molecule has 0 radical (unpaired) electrons. The van der Waals surface area contributed by atoms with Crippen LogP contribution < -0.4 is 4.90 Å². The molecule has 2 aromatic rings. The van der Waals surface area contributed by atoms with Crippen molar-refractivity contribution >= 4 is 17.5 Å². The molecule has 1 aliphatic rings. The summed E-state index contributed by atoms with van der Waals surface area (Å²) in [6.45, 7) is 5.31. The molecular weight excluding hydrogens is 332 g/mol. The lowest BCUT2D eigenvalue weighted by molar-refractivity contribution is 0.0594. The van der Waals surface area contributed by atoms with E-state index in [1.165, 1.54) is 12.7 Å². The average molecular weight is 354 g/mol. The number of rotatable bonds is 5. The highest BCUT2D eigenvalue weighted by Gasteiger charge is 2.16. The molecule has 0 N–H and O–H groups in total. The number of carbonyl (C=O) groups excluding carboxylic acids is 1. The van der Waals surface area contributed by atoms with Gasteiger partial charge < -0.3 is 14.4 Å². The van der Waals surface area contributed by atoms with E-state index in [-0.39, 0.29) is 5.69 Å². The minimum Gasteiger partial charge on any atom is -0.464 e. The standard InChI is InChI=1S/C19H22N4O3/c1-14-4-3-5-15(10-14)13-20-22-18-12-16(23-6-8-26-9-7-23)11-17(21-18)19(24)25-2/h3-5,10-12H,6-9,13H2,1-2H3. The number of esters is 1. The monoisotopic (exact) mass is 354 g/mol. The number of aromatic nitrogens is 1. The minimum atomic E-state index is -0.491. The molecule has 1 fully saturated rings. The van der Waals surface area contributed by atoms with E-state index in [9.17, 15) is 4.79 Å². The Morgan fingerprint density at radius 2 is 2.08 bits per heavy atom. The smallest absolute Gasteiger partial charge is 0.356 e. The van der Waals surface area contributed by atoms with E-state index in [4.69, 9.17) is 9.47 Å². The lowest BCUT2D eigenvalue weighted by Crippen LogP contribution is -2.36. The predicted octanol–water partition coefficient (Wildman–Crippen LogP) is 3.30. The lowest BCUT2D eigenvalue weighted by atomic mass is 10.1. The number of azo groups is 1. The van der Waals surface area contributed by atoms with E-state index < -0.39 is 5.97 Å². The Balaban J connectivity index is 1.82. The summed E-state index contributed by atoms with van der Waals surface area (Å²) in [4.78, 5) is 18.3. The van der Waals surface area contributed by atoms with E-state index in [0.717, 1.165) is 24.3 Å². The topological polar surface area (TPSA) is 76.4 Å². The van der Waals surface area contributed by atoms with Gasteiger partial charge in [0.1, 0.15) is 0 Å². The van der Waals surface area contributed by atoms with Gasteiger partial charge in [0.05, 0.1) is 26.9 Å². The van der Waals surface area contributed by atoms with E-state index in [1.807, 2.05) is 31.2 Å². The first-order valence-electron chi connectivity index (χ1n) is 8.52. The molecule has 7 nitrogen and oxygen atoms in total. The van der Waals surface area contributed by atoms with Gasteiger partial charge in [0.15, 0.2) is 11.5 Å². The summed E-state index contributed by atoms with van der Waals surface area (Å²) in [5.74, 6) is -0.0997. The molecule has 136 valence electrons. The number of hydrogen-bond donors (Lipinski definition) is 0. The lowest BCUT2D eigenvalue weighted by Gasteiger charge is -2.29. The number of morpholine rings is 1. The Bertz CT molecular complexity index is 801. The summed E-state index contributed by atoms with van der Waals surface area (Å²) >= 11 is 0. The van der Waals surface area contributed by atoms with Crippen molar-refractivity contribution in [2.75, 3.05) is 38.3 Å². The van der Waals surface area contributed by atoms with Crippen LogP contribution in [0.15, 0.2) is 46.6 Å². The average Bonchev–Trinajstić information content (AvgIpc) is 2.68. The molecule has 0 saturated carbocycles. The summed E-state index contributed by atoms with van der Waals surface area (Å²) in [5, 5.41) is 8.44. The maximum atomic E-state index is 11.9. The molecule has 1 aromatic heterocycles. The van der Waals surface area contributed by atoms with Gasteiger partial charge in [0.25, 0.3) is 0 Å². The summed E-state index contributed by atoms with van der Waals surface area (Å²) in [7, 11) is 1.34. The van der Waals surface area contributed by atoms with Crippen molar-refractivity contribution in [2.24, 2.45) is 10.2 Å². The zero-order valence-corrected chi connectivity index (χ0v) is 15.0. The Morgan fingerprint density at radius 3 is 2.81 bits per heavy atom. The van der Waals surface area contributed by atoms with Gasteiger partial charge in [-0.25, -0.2) is 9.78 Å². The number of aryl methyl sites for hydroxylation is 1.